The highest BCUT2D eigenvalue weighted by molar-refractivity contribution is 6.36. The predicted octanol–water partition coefficient (Wildman–Crippen LogP) is 7.50. The third-order valence-corrected chi connectivity index (χ3v) is 11.6. The lowest BCUT2D eigenvalue weighted by atomic mass is 9.90. The van der Waals surface area contributed by atoms with Gasteiger partial charge in [-0.05, 0) is 68.0 Å². The minimum Gasteiger partial charge on any atom is -0.496 e. The van der Waals surface area contributed by atoms with Gasteiger partial charge in [-0.2, -0.15) is 0 Å². The Morgan fingerprint density at radius 3 is 2.55 bits per heavy atom. The van der Waals surface area contributed by atoms with E-state index in [4.69, 9.17) is 37.7 Å². The number of anilines is 1. The number of amides is 1. The van der Waals surface area contributed by atoms with Crippen LogP contribution in [0.3, 0.4) is 0 Å². The molecule has 10 nitrogen and oxygen atoms in total. The molecule has 1 amide bonds. The largest absolute Gasteiger partial charge is 0.496 e. The van der Waals surface area contributed by atoms with E-state index in [1.807, 2.05) is 36.4 Å². The molecule has 1 aromatic heterocycles. The van der Waals surface area contributed by atoms with Crippen LogP contribution in [0.2, 0.25) is 10.0 Å². The monoisotopic (exact) mass is 757 g/mol. The number of aliphatic carboxylic acids is 1. The summed E-state index contributed by atoms with van der Waals surface area (Å²) in [5.41, 5.74) is 7.90. The van der Waals surface area contributed by atoms with Gasteiger partial charge in [0, 0.05) is 67.0 Å². The number of pyridine rings is 1. The first-order valence-electron chi connectivity index (χ1n) is 18.1. The second-order valence-electron chi connectivity index (χ2n) is 14.5. The van der Waals surface area contributed by atoms with Crippen LogP contribution < -0.4 is 25.4 Å². The minimum atomic E-state index is -0.763. The lowest BCUT2D eigenvalue weighted by molar-refractivity contribution is -0.147. The molecule has 2 fully saturated rings. The molecule has 3 atom stereocenters. The second-order valence-corrected chi connectivity index (χ2v) is 15.3. The SMILES string of the molecule is COc1cc(N[C@H]2CCc3c(-c4cccc(-c5ccc(CNCC6CCC(=O)N6)c(OC)n5)c4Cl)cccc32)c(Cl)cc1CN1CCC(C)(C(=O)O)C1. The van der Waals surface area contributed by atoms with E-state index in [9.17, 15) is 14.7 Å². The van der Waals surface area contributed by atoms with Crippen LogP contribution in [0.5, 0.6) is 11.6 Å². The Hall–Kier alpha value is -4.35. The van der Waals surface area contributed by atoms with Crippen molar-refractivity contribution in [2.75, 3.05) is 39.2 Å². The normalized spacial score (nSPS) is 21.0. The van der Waals surface area contributed by atoms with Crippen LogP contribution in [-0.2, 0) is 29.1 Å². The van der Waals surface area contributed by atoms with E-state index in [1.165, 1.54) is 11.1 Å². The Morgan fingerprint density at radius 1 is 1.02 bits per heavy atom. The lowest BCUT2D eigenvalue weighted by Gasteiger charge is -2.23. The van der Waals surface area contributed by atoms with Crippen LogP contribution in [0, 0.1) is 5.41 Å². The van der Waals surface area contributed by atoms with Gasteiger partial charge in [0.15, 0.2) is 0 Å². The average Bonchev–Trinajstić information content (AvgIpc) is 3.88. The number of carbonyl (C=O) groups excluding carboxylic acids is 1. The summed E-state index contributed by atoms with van der Waals surface area (Å²) >= 11 is 14.1. The molecule has 2 unspecified atom stereocenters. The van der Waals surface area contributed by atoms with E-state index in [1.54, 1.807) is 21.1 Å². The summed E-state index contributed by atoms with van der Waals surface area (Å²) < 4.78 is 11.5. The third kappa shape index (κ3) is 7.69. The Kier molecular flexibility index (Phi) is 10.9. The van der Waals surface area contributed by atoms with Crippen molar-refractivity contribution in [3.8, 4) is 34.0 Å². The maximum atomic E-state index is 11.8. The summed E-state index contributed by atoms with van der Waals surface area (Å²) in [5.74, 6) is 0.584. The molecular formula is C41H45Cl2N5O5. The Bertz CT molecular complexity index is 2040. The number of carbonyl (C=O) groups is 2. The van der Waals surface area contributed by atoms with Crippen LogP contribution >= 0.6 is 23.2 Å². The maximum Gasteiger partial charge on any atom is 0.310 e. The zero-order valence-electron chi connectivity index (χ0n) is 30.2. The first-order chi connectivity index (χ1) is 25.6. The van der Waals surface area contributed by atoms with Gasteiger partial charge >= 0.3 is 5.97 Å². The summed E-state index contributed by atoms with van der Waals surface area (Å²) in [6, 6.07) is 20.4. The van der Waals surface area contributed by atoms with E-state index in [0.717, 1.165) is 58.5 Å². The summed E-state index contributed by atoms with van der Waals surface area (Å²) in [5, 5.41) is 21.0. The van der Waals surface area contributed by atoms with Gasteiger partial charge in [-0.25, -0.2) is 4.98 Å². The molecule has 278 valence electrons. The van der Waals surface area contributed by atoms with Crippen molar-refractivity contribution in [2.24, 2.45) is 5.41 Å². The van der Waals surface area contributed by atoms with Crippen molar-refractivity contribution >= 4 is 40.8 Å². The van der Waals surface area contributed by atoms with Crippen LogP contribution in [0.15, 0.2) is 60.7 Å². The number of nitrogens with zero attached hydrogens (tertiary/aromatic N) is 2. The molecule has 7 rings (SSSR count). The molecule has 2 aliphatic heterocycles. The van der Waals surface area contributed by atoms with Crippen molar-refractivity contribution in [3.05, 3.63) is 93.0 Å². The number of nitrogens with one attached hydrogen (secondary N) is 3. The first kappa shape index (κ1) is 37.0. The van der Waals surface area contributed by atoms with Crippen molar-refractivity contribution in [1.29, 1.82) is 0 Å². The van der Waals surface area contributed by atoms with E-state index in [-0.39, 0.29) is 18.0 Å². The molecule has 0 spiro atoms. The fourth-order valence-electron chi connectivity index (χ4n) is 7.95. The fourth-order valence-corrected chi connectivity index (χ4v) is 8.52. The number of hydrogen-bond acceptors (Lipinski definition) is 8. The quantitative estimate of drug-likeness (QED) is 0.110. The number of rotatable bonds is 13. The van der Waals surface area contributed by atoms with E-state index in [2.05, 4.69) is 45.1 Å². The van der Waals surface area contributed by atoms with Gasteiger partial charge in [0.25, 0.3) is 0 Å². The van der Waals surface area contributed by atoms with Gasteiger partial charge in [-0.15, -0.1) is 0 Å². The van der Waals surface area contributed by atoms with Gasteiger partial charge < -0.3 is 30.5 Å². The number of likely N-dealkylation sites (tertiary alicyclic amines) is 1. The number of ether oxygens (including phenoxy) is 2. The Balaban J connectivity index is 1.08. The number of hydrogen-bond donors (Lipinski definition) is 4. The number of halogens is 2. The van der Waals surface area contributed by atoms with Crippen LogP contribution in [0.1, 0.15) is 60.9 Å². The molecule has 1 aliphatic carbocycles. The molecule has 4 aromatic rings. The summed E-state index contributed by atoms with van der Waals surface area (Å²) in [6.45, 7) is 4.81. The average molecular weight is 759 g/mol. The number of fused-ring (bicyclic) bond motifs is 1. The number of aromatic nitrogens is 1. The summed E-state index contributed by atoms with van der Waals surface area (Å²) in [4.78, 5) is 30.3. The molecule has 3 heterocycles. The molecule has 53 heavy (non-hydrogen) atoms. The van der Waals surface area contributed by atoms with Gasteiger partial charge in [-0.1, -0.05) is 65.7 Å². The lowest BCUT2D eigenvalue weighted by Crippen LogP contribution is -2.35. The molecule has 0 bridgehead atoms. The Labute approximate surface area is 320 Å². The molecular weight excluding hydrogens is 713 g/mol. The second kappa shape index (κ2) is 15.6. The predicted molar refractivity (Wildman–Crippen MR) is 208 cm³/mol. The van der Waals surface area contributed by atoms with Crippen molar-refractivity contribution in [2.45, 2.75) is 64.2 Å². The fraction of sp³-hybridized carbons (Fsp3) is 0.390. The molecule has 4 N–H and O–H groups in total. The topological polar surface area (TPSA) is 125 Å². The van der Waals surface area contributed by atoms with Crippen LogP contribution in [0.25, 0.3) is 22.4 Å². The van der Waals surface area contributed by atoms with E-state index < -0.39 is 11.4 Å². The first-order valence-corrected chi connectivity index (χ1v) is 18.9. The number of benzene rings is 3. The number of carboxylic acid groups (broad SMARTS) is 1. The highest BCUT2D eigenvalue weighted by atomic mass is 35.5. The van der Waals surface area contributed by atoms with Gasteiger partial charge in [0.2, 0.25) is 11.8 Å². The third-order valence-electron chi connectivity index (χ3n) is 10.9. The molecule has 2 saturated heterocycles. The summed E-state index contributed by atoms with van der Waals surface area (Å²) in [6.07, 6.45) is 3.78. The van der Waals surface area contributed by atoms with Crippen molar-refractivity contribution < 1.29 is 24.2 Å². The Morgan fingerprint density at radius 2 is 1.81 bits per heavy atom. The highest BCUT2D eigenvalue weighted by Crippen LogP contribution is 2.45. The standard InChI is InChI=1S/C41H45Cl2N5O5/c1-41(40(50)51)16-17-48(23-41)22-25-18-32(42)35(19-36(25)52-2)46-33-14-12-28-27(6-4-7-29(28)33)30-8-5-9-31(38(30)43)34-13-10-24(39(47-34)53-3)20-44-21-26-11-15-37(49)45-26/h4-10,13,18-19,26,33,44,46H,11-12,14-17,20-23H2,1-3H3,(H,45,49)(H,50,51)/t26?,33-,41?/m0/s1. The molecule has 12 heteroatoms. The number of carboxylic acids is 1. The molecule has 0 radical (unpaired) electrons. The zero-order valence-corrected chi connectivity index (χ0v) is 31.7. The molecule has 3 aromatic carbocycles. The van der Waals surface area contributed by atoms with E-state index >= 15 is 0 Å². The smallest absolute Gasteiger partial charge is 0.310 e. The maximum absolute atomic E-state index is 11.8. The van der Waals surface area contributed by atoms with Crippen LogP contribution in [-0.4, -0.2) is 66.8 Å². The minimum absolute atomic E-state index is 0.0341. The highest BCUT2D eigenvalue weighted by Gasteiger charge is 2.40. The van der Waals surface area contributed by atoms with Gasteiger partial charge in [-0.3, -0.25) is 14.5 Å². The summed E-state index contributed by atoms with van der Waals surface area (Å²) in [7, 11) is 3.27. The van der Waals surface area contributed by atoms with Crippen molar-refractivity contribution in [3.63, 3.8) is 0 Å². The van der Waals surface area contributed by atoms with Gasteiger partial charge in [0.05, 0.1) is 47.1 Å². The van der Waals surface area contributed by atoms with Crippen LogP contribution in [0.4, 0.5) is 5.69 Å². The number of methoxy groups -OCH3 is 2. The van der Waals surface area contributed by atoms with Crippen molar-refractivity contribution in [1.82, 2.24) is 20.5 Å². The molecule has 0 saturated carbocycles. The molecule has 3 aliphatic rings. The van der Waals surface area contributed by atoms with E-state index in [0.29, 0.717) is 67.2 Å². The van der Waals surface area contributed by atoms with Gasteiger partial charge in [0.1, 0.15) is 5.75 Å². The zero-order chi connectivity index (χ0) is 37.3.